The summed E-state index contributed by atoms with van der Waals surface area (Å²) in [6, 6.07) is 23.3. The van der Waals surface area contributed by atoms with Crippen molar-refractivity contribution in [1.82, 2.24) is 9.78 Å². The van der Waals surface area contributed by atoms with E-state index in [2.05, 4.69) is 39.4 Å². The van der Waals surface area contributed by atoms with Crippen LogP contribution in [-0.2, 0) is 0 Å². The summed E-state index contributed by atoms with van der Waals surface area (Å²) in [5.74, 6) is 3.04. The first-order valence-corrected chi connectivity index (χ1v) is 18.4. The van der Waals surface area contributed by atoms with Gasteiger partial charge in [-0.15, -0.1) is 0 Å². The highest BCUT2D eigenvalue weighted by Crippen LogP contribution is 2.31. The summed E-state index contributed by atoms with van der Waals surface area (Å²) in [6.45, 7) is 18.5. The molecule has 0 bridgehead atoms. The molecule has 1 aromatic heterocycles. The van der Waals surface area contributed by atoms with Crippen LogP contribution in [0.4, 0.5) is 0 Å². The Kier molecular flexibility index (Phi) is 14.9. The van der Waals surface area contributed by atoms with Crippen molar-refractivity contribution in [3.05, 3.63) is 108 Å². The largest absolute Gasteiger partial charge is 0.507 e. The van der Waals surface area contributed by atoms with Crippen molar-refractivity contribution in [2.45, 2.75) is 92.9 Å². The molecule has 7 nitrogen and oxygen atoms in total. The number of phenolic OH excluding ortho intramolecular Hbond substituents is 1. The first-order chi connectivity index (χ1) is 24.3. The molecule has 1 heterocycles. The van der Waals surface area contributed by atoms with Crippen LogP contribution in [-0.4, -0.2) is 39.6 Å². The van der Waals surface area contributed by atoms with Gasteiger partial charge in [0.1, 0.15) is 17.2 Å². The molecule has 0 fully saturated rings. The summed E-state index contributed by atoms with van der Waals surface area (Å²) in [7, 11) is 0. The number of rotatable bonds is 19. The number of aryl methyl sites for hydroxylation is 1. The second-order valence-corrected chi connectivity index (χ2v) is 13.2. The van der Waals surface area contributed by atoms with E-state index in [0.717, 1.165) is 53.2 Å². The zero-order chi connectivity index (χ0) is 35.9. The number of hydrogen-bond acceptors (Lipinski definition) is 5. The fourth-order valence-electron chi connectivity index (χ4n) is 5.95. The number of para-hydroxylation sites is 1. The molecule has 0 amide bonds. The lowest BCUT2D eigenvalue weighted by Crippen LogP contribution is -2.12. The van der Waals surface area contributed by atoms with E-state index in [4.69, 9.17) is 19.5 Å². The minimum atomic E-state index is 0.0640. The number of nitrogens with zero attached hydrogens (tertiary/aromatic N) is 4. The molecule has 2 unspecified atom stereocenters. The normalized spacial score (nSPS) is 13.2. The molecular weight excluding hydrogens is 620 g/mol. The molecule has 2 atom stereocenters. The average molecular weight is 677 g/mol. The molecule has 0 saturated heterocycles. The van der Waals surface area contributed by atoms with Gasteiger partial charge in [0, 0.05) is 17.2 Å². The summed E-state index contributed by atoms with van der Waals surface area (Å²) in [4.78, 5) is 10.0. The Hall–Kier alpha value is -4.65. The van der Waals surface area contributed by atoms with E-state index in [1.165, 1.54) is 32.1 Å². The van der Waals surface area contributed by atoms with Gasteiger partial charge in [-0.25, -0.2) is 14.7 Å². The van der Waals surface area contributed by atoms with Crippen LogP contribution < -0.4 is 9.47 Å². The second-order valence-electron chi connectivity index (χ2n) is 13.2. The molecule has 0 spiro atoms. The minimum Gasteiger partial charge on any atom is -0.507 e. The number of aliphatic imine (C=N–C) groups is 2. The maximum atomic E-state index is 11.1. The molecule has 1 N–H and O–H groups in total. The third-order valence-electron chi connectivity index (χ3n) is 9.31. The Labute approximate surface area is 299 Å². The second kappa shape index (κ2) is 19.5. The fraction of sp³-hybridized carbons (Fsp3) is 0.419. The number of benzene rings is 3. The van der Waals surface area contributed by atoms with E-state index in [0.29, 0.717) is 47.9 Å². The molecule has 7 heteroatoms. The topological polar surface area (TPSA) is 81.2 Å². The molecule has 50 heavy (non-hydrogen) atoms. The van der Waals surface area contributed by atoms with Gasteiger partial charge in [0.2, 0.25) is 0 Å². The first-order valence-electron chi connectivity index (χ1n) is 18.4. The molecule has 0 saturated carbocycles. The van der Waals surface area contributed by atoms with Crippen molar-refractivity contribution >= 4 is 17.2 Å². The van der Waals surface area contributed by atoms with Crippen molar-refractivity contribution in [1.29, 1.82) is 0 Å². The minimum absolute atomic E-state index is 0.0640. The summed E-state index contributed by atoms with van der Waals surface area (Å²) in [5.41, 5.74) is 5.26. The predicted molar refractivity (Wildman–Crippen MR) is 208 cm³/mol. The smallest absolute Gasteiger partial charge is 0.160 e. The first kappa shape index (κ1) is 38.2. The number of ether oxygens (including phenoxy) is 2. The van der Waals surface area contributed by atoms with E-state index in [1.807, 2.05) is 85.3 Å². The maximum absolute atomic E-state index is 11.1. The molecule has 4 aromatic rings. The molecule has 0 aliphatic rings. The Morgan fingerprint density at radius 1 is 0.800 bits per heavy atom. The van der Waals surface area contributed by atoms with Crippen LogP contribution in [0.15, 0.2) is 95.6 Å². The van der Waals surface area contributed by atoms with Gasteiger partial charge in [-0.2, -0.15) is 5.10 Å². The van der Waals surface area contributed by atoms with Crippen molar-refractivity contribution in [2.24, 2.45) is 21.8 Å². The Balaban J connectivity index is 1.66. The molecular formula is C43H56N4O3. The van der Waals surface area contributed by atoms with Crippen LogP contribution in [0.3, 0.4) is 0 Å². The Morgan fingerprint density at radius 3 is 1.96 bits per heavy atom. The van der Waals surface area contributed by atoms with Crippen molar-refractivity contribution in [2.75, 3.05) is 13.2 Å². The molecule has 3 aromatic carbocycles. The Bertz CT molecular complexity index is 1720. The van der Waals surface area contributed by atoms with Crippen LogP contribution in [0, 0.1) is 18.8 Å². The fourth-order valence-corrected chi connectivity index (χ4v) is 5.95. The molecule has 266 valence electrons. The van der Waals surface area contributed by atoms with E-state index in [-0.39, 0.29) is 5.75 Å². The highest BCUT2D eigenvalue weighted by molar-refractivity contribution is 6.13. The van der Waals surface area contributed by atoms with Crippen LogP contribution in [0.1, 0.15) is 108 Å². The lowest BCUT2D eigenvalue weighted by molar-refractivity contribution is 0.232. The Morgan fingerprint density at radius 2 is 1.40 bits per heavy atom. The SMILES string of the molecule is C=C(N=C(N=C(C)c1ccnn1-c1ccccc1)c1ccc(OCC(CC)CCCC)cc1C)c1ccc(OCC(CC)CCCC)cc1O. The van der Waals surface area contributed by atoms with Crippen molar-refractivity contribution in [3.63, 3.8) is 0 Å². The quantitative estimate of drug-likeness (QED) is 0.0791. The standard InChI is InChI=1S/C43H56N4O3/c1-8-12-17-34(10-3)29-49-37-21-23-39(31(5)27-37)43(46-33(7)41-25-26-44-47(41)36-19-15-14-16-20-36)45-32(6)40-24-22-38(28-42(40)48)50-30-35(11-4)18-13-9-2/h14-16,19-28,34-35,48H,6,8-13,17-18,29-30H2,1-5,7H3. The van der Waals surface area contributed by atoms with E-state index in [1.54, 1.807) is 12.3 Å². The average Bonchev–Trinajstić information content (AvgIpc) is 3.62. The monoisotopic (exact) mass is 676 g/mol. The van der Waals surface area contributed by atoms with Gasteiger partial charge in [0.05, 0.1) is 42.2 Å². The number of unbranched alkanes of at least 4 members (excludes halogenated alkanes) is 2. The van der Waals surface area contributed by atoms with Crippen molar-refractivity contribution < 1.29 is 14.6 Å². The van der Waals surface area contributed by atoms with Gasteiger partial charge < -0.3 is 14.6 Å². The lowest BCUT2D eigenvalue weighted by atomic mass is 10.0. The van der Waals surface area contributed by atoms with Gasteiger partial charge >= 0.3 is 0 Å². The van der Waals surface area contributed by atoms with Crippen LogP contribution in [0.2, 0.25) is 0 Å². The van der Waals surface area contributed by atoms with Crippen LogP contribution >= 0.6 is 0 Å². The van der Waals surface area contributed by atoms with Crippen molar-refractivity contribution in [3.8, 4) is 22.9 Å². The van der Waals surface area contributed by atoms with Crippen LogP contribution in [0.5, 0.6) is 17.2 Å². The van der Waals surface area contributed by atoms with E-state index in [9.17, 15) is 5.11 Å². The number of phenols is 1. The van der Waals surface area contributed by atoms with E-state index >= 15 is 0 Å². The van der Waals surface area contributed by atoms with Gasteiger partial charge in [-0.3, -0.25) is 0 Å². The van der Waals surface area contributed by atoms with Gasteiger partial charge in [0.15, 0.2) is 5.84 Å². The van der Waals surface area contributed by atoms with Gasteiger partial charge in [-0.05, 0) is 92.6 Å². The lowest BCUT2D eigenvalue weighted by Gasteiger charge is -2.17. The number of amidine groups is 1. The zero-order valence-corrected chi connectivity index (χ0v) is 31.0. The summed E-state index contributed by atoms with van der Waals surface area (Å²) < 4.78 is 14.2. The van der Waals surface area contributed by atoms with Gasteiger partial charge in [-0.1, -0.05) is 91.0 Å². The number of aromatic hydroxyl groups is 1. The number of aromatic nitrogens is 2. The van der Waals surface area contributed by atoms with E-state index < -0.39 is 0 Å². The van der Waals surface area contributed by atoms with Gasteiger partial charge in [0.25, 0.3) is 0 Å². The predicted octanol–water partition coefficient (Wildman–Crippen LogP) is 11.0. The third-order valence-corrected chi connectivity index (χ3v) is 9.31. The molecule has 0 aliphatic carbocycles. The summed E-state index contributed by atoms with van der Waals surface area (Å²) in [5, 5.41) is 15.7. The highest BCUT2D eigenvalue weighted by Gasteiger charge is 2.16. The molecule has 0 radical (unpaired) electrons. The zero-order valence-electron chi connectivity index (χ0n) is 31.0. The molecule has 4 rings (SSSR count). The molecule has 0 aliphatic heterocycles. The van der Waals surface area contributed by atoms with Crippen LogP contribution in [0.25, 0.3) is 11.4 Å². The number of hydrogen-bond donors (Lipinski definition) is 1. The highest BCUT2D eigenvalue weighted by atomic mass is 16.5. The summed E-state index contributed by atoms with van der Waals surface area (Å²) in [6.07, 6.45) is 11.0. The summed E-state index contributed by atoms with van der Waals surface area (Å²) >= 11 is 0. The third kappa shape index (κ3) is 10.7. The maximum Gasteiger partial charge on any atom is 0.160 e.